The predicted octanol–water partition coefficient (Wildman–Crippen LogP) is 4.07. The molecular formula is C20H21ClN2O4S. The minimum absolute atomic E-state index is 0.359. The second kappa shape index (κ2) is 8.77. The van der Waals surface area contributed by atoms with Crippen LogP contribution in [0, 0.1) is 6.92 Å². The zero-order valence-electron chi connectivity index (χ0n) is 16.1. The molecule has 0 aliphatic rings. The van der Waals surface area contributed by atoms with Gasteiger partial charge in [0.15, 0.2) is 16.3 Å². The number of benzene rings is 2. The van der Waals surface area contributed by atoms with E-state index in [-0.39, 0.29) is 5.91 Å². The van der Waals surface area contributed by atoms with Gasteiger partial charge in [0.25, 0.3) is 5.91 Å². The van der Waals surface area contributed by atoms with E-state index in [1.165, 1.54) is 18.4 Å². The van der Waals surface area contributed by atoms with Crippen molar-refractivity contribution in [3.63, 3.8) is 0 Å². The lowest BCUT2D eigenvalue weighted by Crippen LogP contribution is -2.19. The lowest BCUT2D eigenvalue weighted by Gasteiger charge is -2.08. The predicted molar refractivity (Wildman–Crippen MR) is 111 cm³/mol. The molecule has 3 aromatic rings. The molecule has 148 valence electrons. The molecule has 1 heterocycles. The number of amides is 1. The number of halogens is 1. The van der Waals surface area contributed by atoms with Crippen molar-refractivity contribution in [1.82, 2.24) is 4.57 Å². The zero-order chi connectivity index (χ0) is 20.3. The van der Waals surface area contributed by atoms with Crippen molar-refractivity contribution in [2.75, 3.05) is 27.9 Å². The van der Waals surface area contributed by atoms with E-state index >= 15 is 0 Å². The smallest absolute Gasteiger partial charge is 0.279 e. The summed E-state index contributed by atoms with van der Waals surface area (Å²) < 4.78 is 18.7. The maximum atomic E-state index is 12.8. The van der Waals surface area contributed by atoms with Crippen molar-refractivity contribution in [3.8, 4) is 11.5 Å². The molecule has 8 heteroatoms. The number of aromatic nitrogens is 1. The standard InChI is InChI=1S/C20H21ClN2O4S/c1-12-14(21)6-8-17-18(12)23(9-10-25-2)20(28-17)22-19(24)13-5-7-15(26-3)16(11-13)27-4/h5-8,11H,9-10H2,1-4H3. The van der Waals surface area contributed by atoms with Gasteiger partial charge in [-0.25, -0.2) is 0 Å². The summed E-state index contributed by atoms with van der Waals surface area (Å²) in [5, 5.41) is 0.675. The fraction of sp³-hybridized carbons (Fsp3) is 0.300. The minimum atomic E-state index is -0.359. The van der Waals surface area contributed by atoms with E-state index in [1.54, 1.807) is 32.4 Å². The first-order chi connectivity index (χ1) is 13.5. The normalized spacial score (nSPS) is 11.8. The van der Waals surface area contributed by atoms with Crippen LogP contribution in [-0.4, -0.2) is 38.4 Å². The Morgan fingerprint density at radius 1 is 1.14 bits per heavy atom. The van der Waals surface area contributed by atoms with Crippen LogP contribution in [0.15, 0.2) is 35.3 Å². The van der Waals surface area contributed by atoms with Gasteiger partial charge in [-0.15, -0.1) is 0 Å². The number of aryl methyl sites for hydroxylation is 1. The number of ether oxygens (including phenoxy) is 3. The van der Waals surface area contributed by atoms with Gasteiger partial charge >= 0.3 is 0 Å². The summed E-state index contributed by atoms with van der Waals surface area (Å²) in [5.41, 5.74) is 2.34. The maximum absolute atomic E-state index is 12.8. The van der Waals surface area contributed by atoms with Gasteiger partial charge in [-0.2, -0.15) is 4.99 Å². The van der Waals surface area contributed by atoms with Gasteiger partial charge in [0.1, 0.15) is 0 Å². The Kier molecular flexibility index (Phi) is 6.39. The average molecular weight is 421 g/mol. The summed E-state index contributed by atoms with van der Waals surface area (Å²) in [5.74, 6) is 0.679. The van der Waals surface area contributed by atoms with Crippen molar-refractivity contribution < 1.29 is 19.0 Å². The fourth-order valence-electron chi connectivity index (χ4n) is 2.91. The third-order valence-electron chi connectivity index (χ3n) is 4.38. The summed E-state index contributed by atoms with van der Waals surface area (Å²) in [7, 11) is 4.72. The van der Waals surface area contributed by atoms with Crippen LogP contribution in [0.4, 0.5) is 0 Å². The van der Waals surface area contributed by atoms with Crippen LogP contribution in [0.25, 0.3) is 10.2 Å². The van der Waals surface area contributed by atoms with E-state index in [0.717, 1.165) is 15.8 Å². The molecule has 0 saturated heterocycles. The SMILES string of the molecule is COCCn1c(=NC(=O)c2ccc(OC)c(OC)c2)sc2ccc(Cl)c(C)c21. The second-order valence-electron chi connectivity index (χ2n) is 6.03. The highest BCUT2D eigenvalue weighted by atomic mass is 35.5. The number of fused-ring (bicyclic) bond motifs is 1. The molecule has 0 radical (unpaired) electrons. The molecule has 2 aromatic carbocycles. The molecule has 3 rings (SSSR count). The Balaban J connectivity index is 2.13. The van der Waals surface area contributed by atoms with Crippen molar-refractivity contribution >= 4 is 39.1 Å². The van der Waals surface area contributed by atoms with Gasteiger partial charge in [-0.05, 0) is 42.8 Å². The number of hydrogen-bond acceptors (Lipinski definition) is 5. The maximum Gasteiger partial charge on any atom is 0.279 e. The number of rotatable bonds is 6. The molecule has 0 aliphatic carbocycles. The Hall–Kier alpha value is -2.35. The average Bonchev–Trinajstić information content (AvgIpc) is 3.06. The molecule has 1 amide bonds. The van der Waals surface area contributed by atoms with Crippen LogP contribution in [-0.2, 0) is 11.3 Å². The highest BCUT2D eigenvalue weighted by Gasteiger charge is 2.14. The van der Waals surface area contributed by atoms with Crippen molar-refractivity contribution in [2.24, 2.45) is 4.99 Å². The minimum Gasteiger partial charge on any atom is -0.493 e. The number of thiazole rings is 1. The summed E-state index contributed by atoms with van der Waals surface area (Å²) in [6.07, 6.45) is 0. The molecular weight excluding hydrogens is 400 g/mol. The molecule has 0 unspecified atom stereocenters. The lowest BCUT2D eigenvalue weighted by atomic mass is 10.2. The Labute approximate surface area is 171 Å². The van der Waals surface area contributed by atoms with Crippen LogP contribution in [0.3, 0.4) is 0 Å². The van der Waals surface area contributed by atoms with Gasteiger partial charge in [0.2, 0.25) is 0 Å². The Morgan fingerprint density at radius 3 is 2.57 bits per heavy atom. The van der Waals surface area contributed by atoms with E-state index < -0.39 is 0 Å². The van der Waals surface area contributed by atoms with Crippen LogP contribution >= 0.6 is 22.9 Å². The van der Waals surface area contributed by atoms with Crippen LogP contribution < -0.4 is 14.3 Å². The summed E-state index contributed by atoms with van der Waals surface area (Å²) in [6.45, 7) is 3.02. The highest BCUT2D eigenvalue weighted by Crippen LogP contribution is 2.29. The molecule has 0 bridgehead atoms. The van der Waals surface area contributed by atoms with Gasteiger partial charge in [0, 0.05) is 24.2 Å². The lowest BCUT2D eigenvalue weighted by molar-refractivity contribution is 0.0997. The molecule has 0 fully saturated rings. The quantitative estimate of drug-likeness (QED) is 0.603. The molecule has 0 atom stereocenters. The molecule has 0 aliphatic heterocycles. The van der Waals surface area contributed by atoms with E-state index in [0.29, 0.717) is 40.0 Å². The van der Waals surface area contributed by atoms with Crippen molar-refractivity contribution in [3.05, 3.63) is 51.3 Å². The third kappa shape index (κ3) is 3.92. The van der Waals surface area contributed by atoms with E-state index in [4.69, 9.17) is 25.8 Å². The van der Waals surface area contributed by atoms with Crippen molar-refractivity contribution in [1.29, 1.82) is 0 Å². The largest absolute Gasteiger partial charge is 0.493 e. The topological polar surface area (TPSA) is 62.1 Å². The molecule has 28 heavy (non-hydrogen) atoms. The number of hydrogen-bond donors (Lipinski definition) is 0. The summed E-state index contributed by atoms with van der Waals surface area (Å²) >= 11 is 7.75. The molecule has 0 saturated carbocycles. The van der Waals surface area contributed by atoms with Crippen LogP contribution in [0.5, 0.6) is 11.5 Å². The zero-order valence-corrected chi connectivity index (χ0v) is 17.7. The fourth-order valence-corrected chi connectivity index (χ4v) is 4.18. The summed E-state index contributed by atoms with van der Waals surface area (Å²) in [6, 6.07) is 8.78. The van der Waals surface area contributed by atoms with E-state index in [2.05, 4.69) is 4.99 Å². The molecule has 0 spiro atoms. The first-order valence-corrected chi connectivity index (χ1v) is 9.78. The monoisotopic (exact) mass is 420 g/mol. The van der Waals surface area contributed by atoms with E-state index in [9.17, 15) is 4.79 Å². The Bertz CT molecular complexity index is 1090. The number of nitrogens with zero attached hydrogens (tertiary/aromatic N) is 2. The Morgan fingerprint density at radius 2 is 1.89 bits per heavy atom. The molecule has 1 aromatic heterocycles. The van der Waals surface area contributed by atoms with Crippen LogP contribution in [0.2, 0.25) is 5.02 Å². The molecule has 6 nitrogen and oxygen atoms in total. The van der Waals surface area contributed by atoms with Gasteiger partial charge in [-0.1, -0.05) is 22.9 Å². The van der Waals surface area contributed by atoms with Gasteiger partial charge < -0.3 is 18.8 Å². The first kappa shape index (κ1) is 20.4. The van der Waals surface area contributed by atoms with Gasteiger partial charge in [0.05, 0.1) is 31.0 Å². The number of carbonyl (C=O) groups is 1. The number of methoxy groups -OCH3 is 3. The summed E-state index contributed by atoms with van der Waals surface area (Å²) in [4.78, 5) is 17.8. The highest BCUT2D eigenvalue weighted by molar-refractivity contribution is 7.16. The van der Waals surface area contributed by atoms with Crippen molar-refractivity contribution in [2.45, 2.75) is 13.5 Å². The number of carbonyl (C=O) groups excluding carboxylic acids is 1. The van der Waals surface area contributed by atoms with E-state index in [1.807, 2.05) is 23.6 Å². The second-order valence-corrected chi connectivity index (χ2v) is 7.45. The van der Waals surface area contributed by atoms with Crippen LogP contribution in [0.1, 0.15) is 15.9 Å². The first-order valence-electron chi connectivity index (χ1n) is 8.58. The molecule has 0 N–H and O–H groups in total. The van der Waals surface area contributed by atoms with Gasteiger partial charge in [-0.3, -0.25) is 4.79 Å². The third-order valence-corrected chi connectivity index (χ3v) is 5.83.